The van der Waals surface area contributed by atoms with Crippen molar-refractivity contribution in [3.63, 3.8) is 0 Å². The van der Waals surface area contributed by atoms with Gasteiger partial charge < -0.3 is 15.1 Å². The number of aryl methyl sites for hydroxylation is 1. The minimum Gasteiger partial charge on any atom is -0.455 e. The van der Waals surface area contributed by atoms with Crippen LogP contribution in [-0.2, 0) is 12.6 Å². The first kappa shape index (κ1) is 24.7. The van der Waals surface area contributed by atoms with E-state index in [1.54, 1.807) is 6.92 Å². The van der Waals surface area contributed by atoms with Crippen LogP contribution in [0.5, 0.6) is 0 Å². The van der Waals surface area contributed by atoms with Gasteiger partial charge in [0, 0.05) is 23.2 Å². The molecule has 1 aliphatic carbocycles. The number of carbonyl (C=O) groups excluding carboxylic acids is 1. The fourth-order valence-electron chi connectivity index (χ4n) is 3.77. The molecule has 11 heteroatoms. The summed E-state index contributed by atoms with van der Waals surface area (Å²) in [6.07, 6.45) is -2.59. The predicted molar refractivity (Wildman–Crippen MR) is 133 cm³/mol. The molecule has 6 nitrogen and oxygen atoms in total. The lowest BCUT2D eigenvalue weighted by Crippen LogP contribution is -2.26. The quantitative estimate of drug-likeness (QED) is 0.269. The number of nitrogens with zero attached hydrogens (tertiary/aromatic N) is 1. The molecule has 35 heavy (non-hydrogen) atoms. The van der Waals surface area contributed by atoms with E-state index in [0.29, 0.717) is 40.6 Å². The summed E-state index contributed by atoms with van der Waals surface area (Å²) in [6, 6.07) is 12.1. The van der Waals surface area contributed by atoms with Crippen LogP contribution < -0.4 is 16.1 Å². The summed E-state index contributed by atoms with van der Waals surface area (Å²) >= 11 is 11.3. The Hall–Kier alpha value is -3.37. The fourth-order valence-corrected chi connectivity index (χ4v) is 4.10. The standard InChI is InChI=1S/C24H20ClF3N4O2S/c1-13-20-17(31-32-23(35)29-15-6-3-2-4-7-15)8-5-9-19(20)34-21(13)22(33)30-18-12-14(24(26,27)28)10-11-16(18)25/h2-4,6-7,10-12H,5,8-9H2,1H3,(H,30,33)(H2,29,32,35)/b31-17+. The average molecular weight is 521 g/mol. The summed E-state index contributed by atoms with van der Waals surface area (Å²) in [6.45, 7) is 1.70. The fraction of sp³-hybridized carbons (Fsp3) is 0.208. The molecule has 0 bridgehead atoms. The van der Waals surface area contributed by atoms with Gasteiger partial charge in [0.15, 0.2) is 10.9 Å². The molecule has 0 unspecified atom stereocenters. The topological polar surface area (TPSA) is 78.7 Å². The highest BCUT2D eigenvalue weighted by atomic mass is 35.5. The van der Waals surface area contributed by atoms with Crippen LogP contribution in [0.1, 0.15) is 45.8 Å². The number of para-hydroxylation sites is 1. The molecular weight excluding hydrogens is 501 g/mol. The van der Waals surface area contributed by atoms with Crippen LogP contribution in [0.2, 0.25) is 5.02 Å². The maximum absolute atomic E-state index is 13.1. The van der Waals surface area contributed by atoms with Crippen LogP contribution >= 0.6 is 23.8 Å². The summed E-state index contributed by atoms with van der Waals surface area (Å²) in [5.41, 5.74) is 4.43. The Morgan fingerprint density at radius 2 is 1.86 bits per heavy atom. The number of rotatable bonds is 4. The van der Waals surface area contributed by atoms with E-state index >= 15 is 0 Å². The Kier molecular flexibility index (Phi) is 7.13. The monoisotopic (exact) mass is 520 g/mol. The molecular formula is C24H20ClF3N4O2S. The highest BCUT2D eigenvalue weighted by Gasteiger charge is 2.32. The van der Waals surface area contributed by atoms with Crippen molar-refractivity contribution in [2.75, 3.05) is 10.6 Å². The van der Waals surface area contributed by atoms with Gasteiger partial charge in [-0.2, -0.15) is 18.3 Å². The Morgan fingerprint density at radius 1 is 1.11 bits per heavy atom. The molecule has 0 fully saturated rings. The van der Waals surface area contributed by atoms with Gasteiger partial charge in [0.2, 0.25) is 0 Å². The number of nitrogens with one attached hydrogen (secondary N) is 3. The molecule has 4 rings (SSSR count). The van der Waals surface area contributed by atoms with Gasteiger partial charge in [0.1, 0.15) is 5.76 Å². The normalized spacial score (nSPS) is 14.4. The summed E-state index contributed by atoms with van der Waals surface area (Å²) in [5.74, 6) is -0.133. The summed E-state index contributed by atoms with van der Waals surface area (Å²) in [4.78, 5) is 12.9. The number of hydrogen-bond acceptors (Lipinski definition) is 4. The van der Waals surface area contributed by atoms with Gasteiger partial charge in [-0.3, -0.25) is 10.2 Å². The molecule has 1 aliphatic rings. The molecule has 3 aromatic rings. The first-order valence-electron chi connectivity index (χ1n) is 10.6. The summed E-state index contributed by atoms with van der Waals surface area (Å²) < 4.78 is 45.0. The SMILES string of the molecule is Cc1c(C(=O)Nc2cc(C(F)(F)F)ccc2Cl)oc2c1/C(=N/NC(=S)Nc1ccccc1)CCC2. The number of benzene rings is 2. The Bertz CT molecular complexity index is 1310. The van der Waals surface area contributed by atoms with Gasteiger partial charge in [-0.15, -0.1) is 0 Å². The van der Waals surface area contributed by atoms with Crippen LogP contribution in [0.4, 0.5) is 24.5 Å². The number of thiocarbonyl (C=S) groups is 1. The van der Waals surface area contributed by atoms with Gasteiger partial charge in [-0.1, -0.05) is 29.8 Å². The van der Waals surface area contributed by atoms with Gasteiger partial charge in [-0.05, 0) is 62.3 Å². The number of anilines is 2. The van der Waals surface area contributed by atoms with Crippen molar-refractivity contribution in [2.45, 2.75) is 32.4 Å². The highest BCUT2D eigenvalue weighted by Crippen LogP contribution is 2.35. The second kappa shape index (κ2) is 10.1. The number of halogens is 4. The van der Waals surface area contributed by atoms with Crippen molar-refractivity contribution in [3.8, 4) is 0 Å². The van der Waals surface area contributed by atoms with Crippen molar-refractivity contribution in [3.05, 3.63) is 81.8 Å². The third kappa shape index (κ3) is 5.66. The van der Waals surface area contributed by atoms with E-state index in [1.165, 1.54) is 0 Å². The Labute approximate surface area is 209 Å². The molecule has 1 amide bonds. The maximum Gasteiger partial charge on any atom is 0.416 e. The molecule has 0 aliphatic heterocycles. The van der Waals surface area contributed by atoms with Gasteiger partial charge >= 0.3 is 6.18 Å². The third-order valence-electron chi connectivity index (χ3n) is 5.40. The van der Waals surface area contributed by atoms with Crippen LogP contribution in [0.3, 0.4) is 0 Å². The van der Waals surface area contributed by atoms with Crippen LogP contribution in [-0.4, -0.2) is 16.7 Å². The summed E-state index contributed by atoms with van der Waals surface area (Å²) in [5, 5.41) is 10.1. The first-order valence-corrected chi connectivity index (χ1v) is 11.4. The third-order valence-corrected chi connectivity index (χ3v) is 5.92. The van der Waals surface area contributed by atoms with Crippen molar-refractivity contribution in [1.29, 1.82) is 0 Å². The molecule has 0 saturated heterocycles. The lowest BCUT2D eigenvalue weighted by molar-refractivity contribution is -0.137. The minimum atomic E-state index is -4.57. The number of carbonyl (C=O) groups is 1. The number of furan rings is 1. The maximum atomic E-state index is 13.1. The van der Waals surface area contributed by atoms with Crippen LogP contribution in [0, 0.1) is 6.92 Å². The van der Waals surface area contributed by atoms with E-state index in [1.807, 2.05) is 30.3 Å². The number of alkyl halides is 3. The first-order chi connectivity index (χ1) is 16.6. The van der Waals surface area contributed by atoms with E-state index in [4.69, 9.17) is 28.2 Å². The Balaban J connectivity index is 1.54. The molecule has 182 valence electrons. The van der Waals surface area contributed by atoms with Crippen molar-refractivity contribution in [2.24, 2.45) is 5.10 Å². The zero-order valence-electron chi connectivity index (χ0n) is 18.4. The number of hydrogen-bond donors (Lipinski definition) is 3. The molecule has 0 radical (unpaired) electrons. The lowest BCUT2D eigenvalue weighted by Gasteiger charge is -2.14. The zero-order valence-corrected chi connectivity index (χ0v) is 20.0. The summed E-state index contributed by atoms with van der Waals surface area (Å²) in [7, 11) is 0. The zero-order chi connectivity index (χ0) is 25.2. The van der Waals surface area contributed by atoms with Crippen LogP contribution in [0.15, 0.2) is 58.0 Å². The minimum absolute atomic E-state index is 0.0111. The van der Waals surface area contributed by atoms with E-state index in [9.17, 15) is 18.0 Å². The van der Waals surface area contributed by atoms with Gasteiger partial charge in [0.25, 0.3) is 5.91 Å². The van der Waals surface area contributed by atoms with Gasteiger partial charge in [0.05, 0.1) is 22.0 Å². The molecule has 0 atom stereocenters. The second-order valence-corrected chi connectivity index (χ2v) is 8.66. The van der Waals surface area contributed by atoms with Crippen LogP contribution in [0.25, 0.3) is 0 Å². The average Bonchev–Trinajstić information content (AvgIpc) is 3.16. The number of fused-ring (bicyclic) bond motifs is 1. The van der Waals surface area contributed by atoms with Crippen molar-refractivity contribution < 1.29 is 22.4 Å². The van der Waals surface area contributed by atoms with Crippen molar-refractivity contribution in [1.82, 2.24) is 5.43 Å². The van der Waals surface area contributed by atoms with E-state index in [-0.39, 0.29) is 16.5 Å². The van der Waals surface area contributed by atoms with E-state index < -0.39 is 17.6 Å². The lowest BCUT2D eigenvalue weighted by atomic mass is 9.93. The molecule has 3 N–H and O–H groups in total. The smallest absolute Gasteiger partial charge is 0.416 e. The van der Waals surface area contributed by atoms with E-state index in [2.05, 4.69) is 21.2 Å². The molecule has 0 saturated carbocycles. The number of amides is 1. The van der Waals surface area contributed by atoms with Crippen molar-refractivity contribution >= 4 is 51.9 Å². The molecule has 2 aromatic carbocycles. The number of hydrazone groups is 1. The molecule has 1 heterocycles. The van der Waals surface area contributed by atoms with Gasteiger partial charge in [-0.25, -0.2) is 0 Å². The molecule has 0 spiro atoms. The second-order valence-electron chi connectivity index (χ2n) is 7.84. The Morgan fingerprint density at radius 3 is 2.57 bits per heavy atom. The highest BCUT2D eigenvalue weighted by molar-refractivity contribution is 7.80. The van der Waals surface area contributed by atoms with E-state index in [0.717, 1.165) is 30.3 Å². The molecule has 1 aromatic heterocycles. The largest absolute Gasteiger partial charge is 0.455 e. The predicted octanol–water partition coefficient (Wildman–Crippen LogP) is 6.54.